The van der Waals surface area contributed by atoms with Crippen molar-refractivity contribution < 1.29 is 4.79 Å². The van der Waals surface area contributed by atoms with Crippen molar-refractivity contribution in [2.24, 2.45) is 5.92 Å². The van der Waals surface area contributed by atoms with E-state index in [-0.39, 0.29) is 5.91 Å². The van der Waals surface area contributed by atoms with Crippen LogP contribution in [0.15, 0.2) is 18.3 Å². The minimum absolute atomic E-state index is 0.0746. The molecule has 2 rings (SSSR count). The maximum atomic E-state index is 11.8. The number of piperidine rings is 1. The lowest BCUT2D eigenvalue weighted by atomic mass is 9.96. The lowest BCUT2D eigenvalue weighted by Crippen LogP contribution is -2.33. The van der Waals surface area contributed by atoms with Gasteiger partial charge >= 0.3 is 0 Å². The van der Waals surface area contributed by atoms with Gasteiger partial charge in [-0.2, -0.15) is 0 Å². The fourth-order valence-electron chi connectivity index (χ4n) is 2.50. The molecular weight excluding hydrogens is 238 g/mol. The largest absolute Gasteiger partial charge is 0.356 e. The van der Waals surface area contributed by atoms with E-state index in [2.05, 4.69) is 15.6 Å². The minimum Gasteiger partial charge on any atom is -0.356 e. The molecule has 4 heteroatoms. The molecule has 104 valence electrons. The van der Waals surface area contributed by atoms with Gasteiger partial charge in [-0.3, -0.25) is 9.78 Å². The Morgan fingerprint density at radius 3 is 3.21 bits per heavy atom. The van der Waals surface area contributed by atoms with Gasteiger partial charge in [0.2, 0.25) is 5.91 Å². The topological polar surface area (TPSA) is 54.0 Å². The SMILES string of the molecule is Cc1cccnc1CC(=O)NCCC1CCCNC1. The van der Waals surface area contributed by atoms with E-state index in [0.29, 0.717) is 12.3 Å². The second-order valence-electron chi connectivity index (χ2n) is 5.29. The minimum atomic E-state index is 0.0746. The van der Waals surface area contributed by atoms with E-state index in [1.807, 2.05) is 19.1 Å². The average molecular weight is 261 g/mol. The van der Waals surface area contributed by atoms with Gasteiger partial charge in [0, 0.05) is 12.7 Å². The first kappa shape index (κ1) is 14.0. The Hall–Kier alpha value is -1.42. The van der Waals surface area contributed by atoms with E-state index >= 15 is 0 Å². The average Bonchev–Trinajstić information content (AvgIpc) is 2.43. The second kappa shape index (κ2) is 7.24. The van der Waals surface area contributed by atoms with Gasteiger partial charge in [-0.15, -0.1) is 0 Å². The van der Waals surface area contributed by atoms with Crippen LogP contribution in [0.1, 0.15) is 30.5 Å². The molecule has 0 saturated carbocycles. The number of rotatable bonds is 5. The molecule has 1 fully saturated rings. The molecule has 0 aliphatic carbocycles. The molecule has 19 heavy (non-hydrogen) atoms. The fourth-order valence-corrected chi connectivity index (χ4v) is 2.50. The first-order chi connectivity index (χ1) is 9.25. The molecule has 1 saturated heterocycles. The lowest BCUT2D eigenvalue weighted by molar-refractivity contribution is -0.120. The fraction of sp³-hybridized carbons (Fsp3) is 0.600. The van der Waals surface area contributed by atoms with Gasteiger partial charge in [0.15, 0.2) is 0 Å². The van der Waals surface area contributed by atoms with E-state index in [4.69, 9.17) is 0 Å². The zero-order valence-electron chi connectivity index (χ0n) is 11.6. The number of nitrogens with one attached hydrogen (secondary N) is 2. The highest BCUT2D eigenvalue weighted by atomic mass is 16.1. The highest BCUT2D eigenvalue weighted by Gasteiger charge is 2.13. The predicted molar refractivity (Wildman–Crippen MR) is 75.9 cm³/mol. The molecule has 1 aromatic rings. The van der Waals surface area contributed by atoms with Crippen LogP contribution < -0.4 is 10.6 Å². The third-order valence-electron chi connectivity index (χ3n) is 3.72. The number of nitrogens with zero attached hydrogens (tertiary/aromatic N) is 1. The third-order valence-corrected chi connectivity index (χ3v) is 3.72. The summed E-state index contributed by atoms with van der Waals surface area (Å²) in [5, 5.41) is 6.40. The summed E-state index contributed by atoms with van der Waals surface area (Å²) in [7, 11) is 0. The number of aryl methyl sites for hydroxylation is 1. The Morgan fingerprint density at radius 1 is 1.58 bits per heavy atom. The van der Waals surface area contributed by atoms with Crippen molar-refractivity contribution in [2.45, 2.75) is 32.6 Å². The van der Waals surface area contributed by atoms with Crippen molar-refractivity contribution in [1.82, 2.24) is 15.6 Å². The van der Waals surface area contributed by atoms with Crippen LogP contribution in [-0.2, 0) is 11.2 Å². The smallest absolute Gasteiger partial charge is 0.226 e. The van der Waals surface area contributed by atoms with E-state index in [0.717, 1.165) is 37.3 Å². The summed E-state index contributed by atoms with van der Waals surface area (Å²) in [5.41, 5.74) is 1.95. The van der Waals surface area contributed by atoms with Gasteiger partial charge in [0.1, 0.15) is 0 Å². The third kappa shape index (κ3) is 4.63. The Kier molecular flexibility index (Phi) is 5.33. The van der Waals surface area contributed by atoms with Gasteiger partial charge < -0.3 is 10.6 Å². The summed E-state index contributed by atoms with van der Waals surface area (Å²) in [6.45, 7) is 5.00. The van der Waals surface area contributed by atoms with Crippen LogP contribution in [0, 0.1) is 12.8 Å². The van der Waals surface area contributed by atoms with Crippen LogP contribution in [0.4, 0.5) is 0 Å². The van der Waals surface area contributed by atoms with Crippen molar-refractivity contribution in [3.8, 4) is 0 Å². The molecule has 1 amide bonds. The molecule has 1 unspecified atom stereocenters. The van der Waals surface area contributed by atoms with E-state index in [1.54, 1.807) is 6.20 Å². The Morgan fingerprint density at radius 2 is 2.47 bits per heavy atom. The molecule has 0 aromatic carbocycles. The molecule has 0 bridgehead atoms. The van der Waals surface area contributed by atoms with Crippen molar-refractivity contribution in [3.05, 3.63) is 29.6 Å². The van der Waals surface area contributed by atoms with Crippen LogP contribution in [0.25, 0.3) is 0 Å². The number of hydrogen-bond acceptors (Lipinski definition) is 3. The maximum Gasteiger partial charge on any atom is 0.226 e. The van der Waals surface area contributed by atoms with Crippen LogP contribution in [0.2, 0.25) is 0 Å². The first-order valence-corrected chi connectivity index (χ1v) is 7.13. The summed E-state index contributed by atoms with van der Waals surface area (Å²) in [6, 6.07) is 3.89. The van der Waals surface area contributed by atoms with Gasteiger partial charge in [0.25, 0.3) is 0 Å². The van der Waals surface area contributed by atoms with Crippen LogP contribution >= 0.6 is 0 Å². The first-order valence-electron chi connectivity index (χ1n) is 7.13. The highest BCUT2D eigenvalue weighted by Crippen LogP contribution is 2.12. The van der Waals surface area contributed by atoms with Gasteiger partial charge in [-0.1, -0.05) is 6.07 Å². The molecule has 4 nitrogen and oxygen atoms in total. The van der Waals surface area contributed by atoms with Gasteiger partial charge in [-0.25, -0.2) is 0 Å². The van der Waals surface area contributed by atoms with E-state index in [9.17, 15) is 4.79 Å². The molecule has 2 heterocycles. The molecule has 0 spiro atoms. The summed E-state index contributed by atoms with van der Waals surface area (Å²) < 4.78 is 0. The van der Waals surface area contributed by atoms with Crippen LogP contribution in [0.3, 0.4) is 0 Å². The summed E-state index contributed by atoms with van der Waals surface area (Å²) in [6.07, 6.45) is 5.73. The van der Waals surface area contributed by atoms with Gasteiger partial charge in [-0.05, 0) is 56.8 Å². The van der Waals surface area contributed by atoms with Crippen molar-refractivity contribution in [1.29, 1.82) is 0 Å². The number of carbonyl (C=O) groups is 1. The Bertz CT molecular complexity index is 414. The Balaban J connectivity index is 1.68. The lowest BCUT2D eigenvalue weighted by Gasteiger charge is -2.22. The predicted octanol–water partition coefficient (Wildman–Crippen LogP) is 1.44. The normalized spacial score (nSPS) is 19.1. The van der Waals surface area contributed by atoms with Crippen molar-refractivity contribution in [2.75, 3.05) is 19.6 Å². The zero-order chi connectivity index (χ0) is 13.5. The van der Waals surface area contributed by atoms with E-state index < -0.39 is 0 Å². The zero-order valence-corrected chi connectivity index (χ0v) is 11.6. The standard InChI is InChI=1S/C15H23N3O/c1-12-4-2-8-17-14(12)10-15(19)18-9-6-13-5-3-7-16-11-13/h2,4,8,13,16H,3,5-7,9-11H2,1H3,(H,18,19). The summed E-state index contributed by atoms with van der Waals surface area (Å²) >= 11 is 0. The van der Waals surface area contributed by atoms with Crippen molar-refractivity contribution in [3.63, 3.8) is 0 Å². The number of amides is 1. The molecule has 1 aromatic heterocycles. The molecular formula is C15H23N3O. The monoisotopic (exact) mass is 261 g/mol. The molecule has 1 aliphatic rings. The van der Waals surface area contributed by atoms with Crippen LogP contribution in [0.5, 0.6) is 0 Å². The van der Waals surface area contributed by atoms with Crippen LogP contribution in [-0.4, -0.2) is 30.5 Å². The summed E-state index contributed by atoms with van der Waals surface area (Å²) in [4.78, 5) is 16.1. The maximum absolute atomic E-state index is 11.8. The molecule has 1 atom stereocenters. The number of pyridine rings is 1. The van der Waals surface area contributed by atoms with Crippen molar-refractivity contribution >= 4 is 5.91 Å². The molecule has 1 aliphatic heterocycles. The number of carbonyl (C=O) groups excluding carboxylic acids is 1. The number of aromatic nitrogens is 1. The quantitative estimate of drug-likeness (QED) is 0.843. The van der Waals surface area contributed by atoms with E-state index in [1.165, 1.54) is 12.8 Å². The number of hydrogen-bond donors (Lipinski definition) is 2. The summed E-state index contributed by atoms with van der Waals surface area (Å²) in [5.74, 6) is 0.788. The Labute approximate surface area is 115 Å². The molecule has 2 N–H and O–H groups in total. The second-order valence-corrected chi connectivity index (χ2v) is 5.29. The van der Waals surface area contributed by atoms with Gasteiger partial charge in [0.05, 0.1) is 12.1 Å². The molecule has 0 radical (unpaired) electrons. The highest BCUT2D eigenvalue weighted by molar-refractivity contribution is 5.78.